The third-order valence-corrected chi connectivity index (χ3v) is 6.28. The van der Waals surface area contributed by atoms with E-state index in [4.69, 9.17) is 6.42 Å². The van der Waals surface area contributed by atoms with Gasteiger partial charge in [0.25, 0.3) is 0 Å². The van der Waals surface area contributed by atoms with Crippen molar-refractivity contribution in [2.24, 2.45) is 22.2 Å². The number of hydrogen-bond acceptors (Lipinski definition) is 1. The fourth-order valence-electron chi connectivity index (χ4n) is 6.80. The summed E-state index contributed by atoms with van der Waals surface area (Å²) in [5.74, 6) is 3.76. The highest BCUT2D eigenvalue weighted by molar-refractivity contribution is 5.77. The first-order valence-corrected chi connectivity index (χ1v) is 8.52. The Labute approximate surface area is 129 Å². The van der Waals surface area contributed by atoms with Gasteiger partial charge in [-0.05, 0) is 67.6 Å². The first-order chi connectivity index (χ1) is 9.81. The molecule has 4 bridgehead atoms. The normalized spacial score (nSPS) is 43.6. The van der Waals surface area contributed by atoms with E-state index in [0.29, 0.717) is 17.4 Å². The van der Waals surface area contributed by atoms with E-state index in [1.54, 1.807) is 0 Å². The molecule has 0 N–H and O–H groups in total. The average Bonchev–Trinajstić information content (AvgIpc) is 2.30. The second-order valence-corrected chi connectivity index (χ2v) is 8.92. The summed E-state index contributed by atoms with van der Waals surface area (Å²) >= 11 is 0. The summed E-state index contributed by atoms with van der Waals surface area (Å²) < 4.78 is 0. The number of terminal acetylenes is 1. The van der Waals surface area contributed by atoms with E-state index in [1.807, 2.05) is 11.8 Å². The van der Waals surface area contributed by atoms with Crippen molar-refractivity contribution in [1.29, 1.82) is 0 Å². The Morgan fingerprint density at radius 2 is 1.81 bits per heavy atom. The van der Waals surface area contributed by atoms with E-state index in [-0.39, 0.29) is 11.3 Å². The molecule has 0 aromatic heterocycles. The molecule has 0 saturated heterocycles. The standard InChI is InChI=1S/C19H29NO/c1-5-7-20(6-2)16(21)11-19-10-15-8-17(3,13-19)12-18(4,9-15)14-19/h1,15H,6-14H2,2-4H3. The van der Waals surface area contributed by atoms with Gasteiger partial charge in [0.2, 0.25) is 5.91 Å². The number of rotatable bonds is 4. The number of nitrogens with zero attached hydrogens (tertiary/aromatic N) is 1. The topological polar surface area (TPSA) is 20.3 Å². The van der Waals surface area contributed by atoms with E-state index in [9.17, 15) is 4.79 Å². The minimum atomic E-state index is 0.266. The zero-order valence-corrected chi connectivity index (χ0v) is 13.9. The second kappa shape index (κ2) is 4.77. The quantitative estimate of drug-likeness (QED) is 0.719. The molecule has 0 aliphatic heterocycles. The fourth-order valence-corrected chi connectivity index (χ4v) is 6.80. The van der Waals surface area contributed by atoms with Crippen molar-refractivity contribution in [2.45, 2.75) is 65.7 Å². The predicted octanol–water partition coefficient (Wildman–Crippen LogP) is 3.85. The summed E-state index contributed by atoms with van der Waals surface area (Å²) in [7, 11) is 0. The largest absolute Gasteiger partial charge is 0.332 e. The van der Waals surface area contributed by atoms with Gasteiger partial charge < -0.3 is 4.90 Å². The maximum atomic E-state index is 12.7. The molecule has 2 unspecified atom stereocenters. The Morgan fingerprint density at radius 3 is 2.29 bits per heavy atom. The SMILES string of the molecule is C#CCN(CC)C(=O)CC12CC3CC(C)(CC(C)(C3)C1)C2. The Morgan fingerprint density at radius 1 is 1.19 bits per heavy atom. The molecule has 4 aliphatic rings. The molecule has 21 heavy (non-hydrogen) atoms. The smallest absolute Gasteiger partial charge is 0.223 e. The molecule has 2 heteroatoms. The van der Waals surface area contributed by atoms with E-state index in [1.165, 1.54) is 38.5 Å². The molecule has 0 radical (unpaired) electrons. The second-order valence-electron chi connectivity index (χ2n) is 8.92. The predicted molar refractivity (Wildman–Crippen MR) is 85.5 cm³/mol. The summed E-state index contributed by atoms with van der Waals surface area (Å²) in [6, 6.07) is 0. The lowest BCUT2D eigenvalue weighted by atomic mass is 9.40. The van der Waals surface area contributed by atoms with Gasteiger partial charge in [-0.15, -0.1) is 6.42 Å². The third-order valence-electron chi connectivity index (χ3n) is 6.28. The average molecular weight is 287 g/mol. The Kier molecular flexibility index (Phi) is 3.39. The minimum Gasteiger partial charge on any atom is -0.332 e. The number of amides is 1. The van der Waals surface area contributed by atoms with E-state index >= 15 is 0 Å². The van der Waals surface area contributed by atoms with Crippen LogP contribution in [0.2, 0.25) is 0 Å². The third kappa shape index (κ3) is 2.60. The molecular formula is C19H29NO. The molecule has 4 fully saturated rings. The highest BCUT2D eigenvalue weighted by Gasteiger charge is 2.60. The lowest BCUT2D eigenvalue weighted by Gasteiger charge is -2.65. The molecule has 116 valence electrons. The van der Waals surface area contributed by atoms with Gasteiger partial charge in [0.05, 0.1) is 6.54 Å². The Balaban J connectivity index is 1.79. The molecule has 0 aromatic rings. The van der Waals surface area contributed by atoms with Crippen LogP contribution in [0.1, 0.15) is 65.7 Å². The first-order valence-electron chi connectivity index (χ1n) is 8.52. The highest BCUT2D eigenvalue weighted by Crippen LogP contribution is 2.70. The van der Waals surface area contributed by atoms with Crippen LogP contribution >= 0.6 is 0 Å². The van der Waals surface area contributed by atoms with Crippen molar-refractivity contribution in [1.82, 2.24) is 4.90 Å². The highest BCUT2D eigenvalue weighted by atomic mass is 16.2. The molecule has 2 nitrogen and oxygen atoms in total. The van der Waals surface area contributed by atoms with E-state index in [0.717, 1.165) is 18.9 Å². The summed E-state index contributed by atoms with van der Waals surface area (Å²) in [4.78, 5) is 14.5. The molecule has 2 atom stereocenters. The van der Waals surface area contributed by atoms with E-state index < -0.39 is 0 Å². The van der Waals surface area contributed by atoms with Gasteiger partial charge in [0, 0.05) is 13.0 Å². The van der Waals surface area contributed by atoms with Crippen molar-refractivity contribution in [3.63, 3.8) is 0 Å². The van der Waals surface area contributed by atoms with Crippen LogP contribution in [0, 0.1) is 34.5 Å². The van der Waals surface area contributed by atoms with Crippen LogP contribution < -0.4 is 0 Å². The maximum absolute atomic E-state index is 12.7. The Bertz CT molecular complexity index is 470. The van der Waals surface area contributed by atoms with Crippen LogP contribution in [0.4, 0.5) is 0 Å². The fraction of sp³-hybridized carbons (Fsp3) is 0.842. The molecular weight excluding hydrogens is 258 g/mol. The molecule has 0 spiro atoms. The lowest BCUT2D eigenvalue weighted by molar-refractivity contribution is -0.160. The Hall–Kier alpha value is -0.970. The minimum absolute atomic E-state index is 0.266. The molecule has 4 saturated carbocycles. The molecule has 0 aromatic carbocycles. The summed E-state index contributed by atoms with van der Waals surface area (Å²) in [5.41, 5.74) is 1.23. The van der Waals surface area contributed by atoms with Gasteiger partial charge in [-0.2, -0.15) is 0 Å². The van der Waals surface area contributed by atoms with Crippen molar-refractivity contribution in [2.75, 3.05) is 13.1 Å². The van der Waals surface area contributed by atoms with Crippen molar-refractivity contribution in [3.05, 3.63) is 0 Å². The number of hydrogen-bond donors (Lipinski definition) is 0. The van der Waals surface area contributed by atoms with E-state index in [2.05, 4.69) is 19.8 Å². The van der Waals surface area contributed by atoms with Gasteiger partial charge in [-0.25, -0.2) is 0 Å². The van der Waals surface area contributed by atoms with Crippen LogP contribution in [0.25, 0.3) is 0 Å². The van der Waals surface area contributed by atoms with Crippen molar-refractivity contribution >= 4 is 5.91 Å². The summed E-state index contributed by atoms with van der Waals surface area (Å²) in [5, 5.41) is 0. The maximum Gasteiger partial charge on any atom is 0.223 e. The van der Waals surface area contributed by atoms with Crippen molar-refractivity contribution < 1.29 is 4.79 Å². The van der Waals surface area contributed by atoms with Crippen LogP contribution in [0.3, 0.4) is 0 Å². The van der Waals surface area contributed by atoms with Crippen LogP contribution in [-0.4, -0.2) is 23.9 Å². The van der Waals surface area contributed by atoms with Gasteiger partial charge >= 0.3 is 0 Å². The lowest BCUT2D eigenvalue weighted by Crippen LogP contribution is -2.56. The van der Waals surface area contributed by atoms with Crippen LogP contribution in [0.15, 0.2) is 0 Å². The van der Waals surface area contributed by atoms with Gasteiger partial charge in [-0.3, -0.25) is 4.79 Å². The van der Waals surface area contributed by atoms with Crippen LogP contribution in [-0.2, 0) is 4.79 Å². The molecule has 0 heterocycles. The molecule has 1 amide bonds. The summed E-state index contributed by atoms with van der Waals surface area (Å²) in [6.07, 6.45) is 14.1. The summed E-state index contributed by atoms with van der Waals surface area (Å²) in [6.45, 7) is 8.15. The van der Waals surface area contributed by atoms with Crippen molar-refractivity contribution in [3.8, 4) is 12.3 Å². The molecule has 4 aliphatic carbocycles. The zero-order valence-electron chi connectivity index (χ0n) is 13.9. The first kappa shape index (κ1) is 14.9. The number of carbonyl (C=O) groups is 1. The van der Waals surface area contributed by atoms with Gasteiger partial charge in [-0.1, -0.05) is 19.8 Å². The monoisotopic (exact) mass is 287 g/mol. The van der Waals surface area contributed by atoms with Crippen LogP contribution in [0.5, 0.6) is 0 Å². The van der Waals surface area contributed by atoms with Gasteiger partial charge in [0.1, 0.15) is 0 Å². The van der Waals surface area contributed by atoms with Gasteiger partial charge in [0.15, 0.2) is 0 Å². The zero-order chi connectivity index (χ0) is 15.3. The number of carbonyl (C=O) groups excluding carboxylic acids is 1. The molecule has 4 rings (SSSR count).